The van der Waals surface area contributed by atoms with Crippen LogP contribution in [-0.4, -0.2) is 127 Å². The molecule has 2 bridgehead atoms. The smallest absolute Gasteiger partial charge is 0.246 e. The lowest BCUT2D eigenvalue weighted by Gasteiger charge is -2.60. The second-order valence-electron chi connectivity index (χ2n) is 20.3. The number of rotatable bonds is 21. The molecule has 11 atom stereocenters. The molecule has 1 aromatic carbocycles. The van der Waals surface area contributed by atoms with Gasteiger partial charge >= 0.3 is 0 Å². The van der Waals surface area contributed by atoms with E-state index in [0.717, 1.165) is 47.4 Å². The third-order valence-corrected chi connectivity index (χ3v) is 15.4. The Bertz CT molecular complexity index is 1980. The van der Waals surface area contributed by atoms with Crippen molar-refractivity contribution in [3.63, 3.8) is 0 Å². The summed E-state index contributed by atoms with van der Waals surface area (Å²) in [5, 5.41) is 16.3. The van der Waals surface area contributed by atoms with Gasteiger partial charge in [-0.15, -0.1) is 11.3 Å². The highest BCUT2D eigenvalue weighted by atomic mass is 32.1. The van der Waals surface area contributed by atoms with Gasteiger partial charge < -0.3 is 44.3 Å². The molecular weight excluding hydrogens is 869 g/mol. The van der Waals surface area contributed by atoms with Gasteiger partial charge in [0.1, 0.15) is 17.9 Å². The van der Waals surface area contributed by atoms with E-state index in [2.05, 4.69) is 29.5 Å². The number of β-amino-alcohol motifs (C(OH)–C–C–N with tert-alkyl or cyclic N) is 1. The second kappa shape index (κ2) is 21.9. The molecule has 66 heavy (non-hydrogen) atoms. The van der Waals surface area contributed by atoms with Crippen LogP contribution in [0.2, 0.25) is 0 Å². The monoisotopic (exact) mass is 940 g/mol. The summed E-state index contributed by atoms with van der Waals surface area (Å²) in [6.07, 6.45) is 3.69. The Hall–Kier alpha value is -3.39. The van der Waals surface area contributed by atoms with E-state index in [4.69, 9.17) is 33.5 Å². The molecule has 11 unspecified atom stereocenters. The molecule has 1 saturated carbocycles. The summed E-state index contributed by atoms with van der Waals surface area (Å²) in [4.78, 5) is 72.5. The molecule has 17 heteroatoms. The number of likely N-dealkylation sites (tertiary alicyclic amines) is 1. The highest BCUT2D eigenvalue weighted by Crippen LogP contribution is 2.60. The quantitative estimate of drug-likeness (QED) is 0.103. The molecule has 1 spiro atoms. The van der Waals surface area contributed by atoms with Crippen LogP contribution in [0.1, 0.15) is 111 Å². The molecule has 366 valence electrons. The van der Waals surface area contributed by atoms with Crippen molar-refractivity contribution in [3.05, 3.63) is 41.0 Å². The average Bonchev–Trinajstić information content (AvgIpc) is 3.82. The van der Waals surface area contributed by atoms with Crippen LogP contribution < -0.4 is 10.6 Å². The van der Waals surface area contributed by atoms with E-state index in [0.29, 0.717) is 57.5 Å². The predicted octanol–water partition coefficient (Wildman–Crippen LogP) is 5.66. The van der Waals surface area contributed by atoms with Gasteiger partial charge in [-0.2, -0.15) is 0 Å². The molecule has 3 amide bonds. The van der Waals surface area contributed by atoms with Crippen molar-refractivity contribution in [2.24, 2.45) is 29.1 Å². The Balaban J connectivity index is 0.743. The number of hydrogen-bond donors (Lipinski definition) is 3. The number of aliphatic hydroxyl groups excluding tert-OH is 1. The van der Waals surface area contributed by atoms with Crippen LogP contribution in [0.4, 0.5) is 0 Å². The summed E-state index contributed by atoms with van der Waals surface area (Å²) < 4.78 is 30.0. The number of Topliss-reactive ketones (excluding diaryl/α,β-unsaturated/α-hetero) is 1. The Morgan fingerprint density at radius 2 is 1.67 bits per heavy atom. The van der Waals surface area contributed by atoms with Crippen molar-refractivity contribution in [2.75, 3.05) is 46.2 Å². The maximum absolute atomic E-state index is 14.0. The Kier molecular flexibility index (Phi) is 16.8. The van der Waals surface area contributed by atoms with Crippen molar-refractivity contribution in [1.82, 2.24) is 20.5 Å². The van der Waals surface area contributed by atoms with E-state index in [9.17, 15) is 24.3 Å². The number of carbonyl (C=O) groups is 4. The average molecular weight is 941 g/mol. The van der Waals surface area contributed by atoms with Crippen LogP contribution >= 0.6 is 11.3 Å². The van der Waals surface area contributed by atoms with E-state index < -0.39 is 47.2 Å². The molecule has 6 fully saturated rings. The molecule has 16 nitrogen and oxygen atoms in total. The predicted molar refractivity (Wildman–Crippen MR) is 244 cm³/mol. The number of fused-ring (bicyclic) bond motifs is 2. The normalized spacial score (nSPS) is 30.9. The molecule has 2 aromatic rings. The maximum atomic E-state index is 14.0. The van der Waals surface area contributed by atoms with E-state index >= 15 is 0 Å². The summed E-state index contributed by atoms with van der Waals surface area (Å²) in [5.41, 5.74) is 3.43. The maximum Gasteiger partial charge on any atom is 0.246 e. The summed E-state index contributed by atoms with van der Waals surface area (Å²) in [7, 11) is 0. The molecule has 3 N–H and O–H groups in total. The van der Waals surface area contributed by atoms with E-state index in [-0.39, 0.29) is 74.7 Å². The lowest BCUT2D eigenvalue weighted by Crippen LogP contribution is -2.70. The summed E-state index contributed by atoms with van der Waals surface area (Å²) >= 11 is 1.57. The van der Waals surface area contributed by atoms with Gasteiger partial charge in [-0.3, -0.25) is 19.2 Å². The lowest BCUT2D eigenvalue weighted by molar-refractivity contribution is -0.570. The van der Waals surface area contributed by atoms with Gasteiger partial charge in [-0.25, -0.2) is 14.8 Å². The number of nitrogens with one attached hydrogen (secondary N) is 2. The zero-order chi connectivity index (χ0) is 47.2. The number of benzene rings is 1. The molecule has 1 aromatic heterocycles. The van der Waals surface area contributed by atoms with Gasteiger partial charge in [0.05, 0.1) is 61.3 Å². The van der Waals surface area contributed by atoms with Crippen LogP contribution in [0.5, 0.6) is 0 Å². The van der Waals surface area contributed by atoms with Gasteiger partial charge in [-0.05, 0) is 73.8 Å². The Morgan fingerprint density at radius 3 is 2.36 bits per heavy atom. The third-order valence-electron chi connectivity index (χ3n) is 14.4. The first kappa shape index (κ1) is 50.5. The Morgan fingerprint density at radius 1 is 0.955 bits per heavy atom. The molecule has 0 radical (unpaired) electrons. The fraction of sp³-hybridized carbons (Fsp3) is 0.735. The third kappa shape index (κ3) is 11.7. The molecule has 6 heterocycles. The fourth-order valence-corrected chi connectivity index (χ4v) is 11.4. The largest absolute Gasteiger partial charge is 0.391 e. The van der Waals surface area contributed by atoms with Crippen molar-refractivity contribution in [2.45, 2.75) is 155 Å². The van der Waals surface area contributed by atoms with Crippen LogP contribution in [0.15, 0.2) is 29.8 Å². The zero-order valence-corrected chi connectivity index (χ0v) is 40.7. The van der Waals surface area contributed by atoms with Gasteiger partial charge in [0, 0.05) is 57.7 Å². The number of thiazole rings is 1. The van der Waals surface area contributed by atoms with Crippen LogP contribution in [0, 0.1) is 36.0 Å². The summed E-state index contributed by atoms with van der Waals surface area (Å²) in [6, 6.07) is 6.08. The van der Waals surface area contributed by atoms with Crippen molar-refractivity contribution >= 4 is 34.8 Å². The Labute approximate surface area is 393 Å². The van der Waals surface area contributed by atoms with Crippen LogP contribution in [-0.2, 0) is 59.2 Å². The molecular formula is C49H72N4O12S. The lowest BCUT2D eigenvalue weighted by atomic mass is 9.57. The first-order valence-electron chi connectivity index (χ1n) is 24.0. The molecule has 5 aliphatic heterocycles. The number of hydrogen-bond acceptors (Lipinski definition) is 14. The molecule has 1 aliphatic carbocycles. The molecule has 8 rings (SSSR count). The minimum absolute atomic E-state index is 0.00342. The number of aromatic nitrogens is 1. The number of ketones is 1. The number of ether oxygens (including phenoxy) is 5. The molecule has 6 aliphatic rings. The summed E-state index contributed by atoms with van der Waals surface area (Å²) in [5.74, 6) is -0.721. The van der Waals surface area contributed by atoms with Gasteiger partial charge in [-0.1, -0.05) is 58.9 Å². The van der Waals surface area contributed by atoms with Gasteiger partial charge in [0.25, 0.3) is 0 Å². The first-order chi connectivity index (χ1) is 31.5. The number of nitrogens with zero attached hydrogens (tertiary/aromatic N) is 2. The number of aliphatic hydroxyl groups is 1. The van der Waals surface area contributed by atoms with Crippen LogP contribution in [0.25, 0.3) is 10.4 Å². The minimum atomic E-state index is -0.928. The van der Waals surface area contributed by atoms with E-state index in [1.54, 1.807) is 11.3 Å². The van der Waals surface area contributed by atoms with Crippen molar-refractivity contribution in [1.29, 1.82) is 0 Å². The minimum Gasteiger partial charge on any atom is -0.391 e. The van der Waals surface area contributed by atoms with Gasteiger partial charge in [0.2, 0.25) is 23.5 Å². The number of carbonyl (C=O) groups excluding carboxylic acids is 4. The topological polar surface area (TPSA) is 193 Å². The SMILES string of the molecule is Cc1ncsc1-c1ccc(CNC(=O)C2CC(O)CN2C(=O)C(NC(=O)CCOCCOCCOCCCC(=O)CC2OC3OC4(C)CCC5C(C)CCC(C2C)C35OO4)C(C)(C)C)cc1. The second-order valence-corrected chi connectivity index (χ2v) is 21.2. The number of aryl methyl sites for hydroxylation is 1. The highest BCUT2D eigenvalue weighted by Gasteiger charge is 2.69. The molecule has 5 saturated heterocycles. The summed E-state index contributed by atoms with van der Waals surface area (Å²) in [6.45, 7) is 16.0. The van der Waals surface area contributed by atoms with E-state index in [1.165, 1.54) is 4.90 Å². The fourth-order valence-electron chi connectivity index (χ4n) is 10.6. The number of amides is 3. The zero-order valence-electron chi connectivity index (χ0n) is 39.8. The van der Waals surface area contributed by atoms with Crippen molar-refractivity contribution < 1.29 is 57.7 Å². The standard InChI is InChI=1S/C49H72N4O12S/c1-30-10-15-38-31(2)40(62-46-49(38)37(30)16-18-48(7,63-46)64-65-49)26-35(54)9-8-19-59-21-23-61-24-22-60-20-17-41(56)52-43(47(4,5)6)45(58)53-28-36(55)25-39(53)44(57)50-27-33-11-13-34(14-12-33)42-32(3)51-29-66-42/h11-14,29-31,36-40,43,46,55H,8-10,15-28H2,1-7H3,(H,50,57)(H,52,56). The van der Waals surface area contributed by atoms with Crippen LogP contribution in [0.3, 0.4) is 0 Å². The van der Waals surface area contributed by atoms with Crippen molar-refractivity contribution in [3.8, 4) is 10.4 Å². The van der Waals surface area contributed by atoms with Gasteiger partial charge in [0.15, 0.2) is 11.9 Å². The highest BCUT2D eigenvalue weighted by molar-refractivity contribution is 7.13. The first-order valence-corrected chi connectivity index (χ1v) is 24.9. The van der Waals surface area contributed by atoms with E-state index in [1.807, 2.05) is 64.4 Å².